The smallest absolute Gasteiger partial charge is 0.224 e. The molecule has 0 aliphatic carbocycles. The van der Waals surface area contributed by atoms with Crippen LogP contribution in [0.3, 0.4) is 0 Å². The molecule has 0 aromatic rings. The second-order valence-corrected chi connectivity index (χ2v) is 7.80. The molecule has 1 amide bonds. The number of nitrogens with one attached hydrogen (secondary N) is 1. The number of piperidine rings is 1. The Morgan fingerprint density at radius 1 is 1.40 bits per heavy atom. The SMILES string of the molecule is CC(C)C(N)CC(=O)N1CCCCC1CNS(C)(=O)=O. The van der Waals surface area contributed by atoms with E-state index in [1.807, 2.05) is 13.8 Å². The van der Waals surface area contributed by atoms with Gasteiger partial charge in [-0.3, -0.25) is 4.79 Å². The van der Waals surface area contributed by atoms with Crippen molar-refractivity contribution in [3.05, 3.63) is 0 Å². The average molecular weight is 305 g/mol. The molecule has 2 atom stereocenters. The Morgan fingerprint density at radius 2 is 2.05 bits per heavy atom. The highest BCUT2D eigenvalue weighted by Crippen LogP contribution is 2.19. The lowest BCUT2D eigenvalue weighted by molar-refractivity contribution is -0.135. The molecule has 0 bridgehead atoms. The molecule has 3 N–H and O–H groups in total. The number of likely N-dealkylation sites (tertiary alicyclic amines) is 1. The van der Waals surface area contributed by atoms with Crippen LogP contribution >= 0.6 is 0 Å². The highest BCUT2D eigenvalue weighted by molar-refractivity contribution is 7.88. The molecule has 1 fully saturated rings. The van der Waals surface area contributed by atoms with E-state index in [4.69, 9.17) is 5.73 Å². The van der Waals surface area contributed by atoms with Crippen LogP contribution in [0.1, 0.15) is 39.5 Å². The molecule has 0 radical (unpaired) electrons. The molecule has 0 aromatic carbocycles. The lowest BCUT2D eigenvalue weighted by atomic mass is 9.98. The quantitative estimate of drug-likeness (QED) is 0.737. The highest BCUT2D eigenvalue weighted by Gasteiger charge is 2.28. The summed E-state index contributed by atoms with van der Waals surface area (Å²) in [6, 6.07) is -0.196. The van der Waals surface area contributed by atoms with Crippen molar-refractivity contribution in [2.24, 2.45) is 11.7 Å². The maximum atomic E-state index is 12.3. The van der Waals surface area contributed by atoms with E-state index >= 15 is 0 Å². The summed E-state index contributed by atoms with van der Waals surface area (Å²) in [6.07, 6.45) is 4.29. The van der Waals surface area contributed by atoms with Crippen molar-refractivity contribution in [2.75, 3.05) is 19.3 Å². The Balaban J connectivity index is 2.61. The zero-order chi connectivity index (χ0) is 15.3. The van der Waals surface area contributed by atoms with E-state index in [9.17, 15) is 13.2 Å². The van der Waals surface area contributed by atoms with Gasteiger partial charge in [-0.25, -0.2) is 13.1 Å². The molecule has 0 spiro atoms. The number of hydrogen-bond acceptors (Lipinski definition) is 4. The third-order valence-corrected chi connectivity index (χ3v) is 4.49. The average Bonchev–Trinajstić information content (AvgIpc) is 2.35. The molecule has 1 heterocycles. The Kier molecular flexibility index (Phi) is 6.42. The van der Waals surface area contributed by atoms with Gasteiger partial charge in [0.05, 0.1) is 6.26 Å². The zero-order valence-electron chi connectivity index (χ0n) is 12.6. The minimum absolute atomic E-state index is 0.0335. The van der Waals surface area contributed by atoms with Gasteiger partial charge in [-0.1, -0.05) is 13.8 Å². The van der Waals surface area contributed by atoms with Gasteiger partial charge in [-0.05, 0) is 25.2 Å². The van der Waals surface area contributed by atoms with Crippen molar-refractivity contribution < 1.29 is 13.2 Å². The van der Waals surface area contributed by atoms with Crippen LogP contribution in [0, 0.1) is 5.92 Å². The van der Waals surface area contributed by atoms with Gasteiger partial charge in [-0.15, -0.1) is 0 Å². The number of amides is 1. The standard InChI is InChI=1S/C13H27N3O3S/c1-10(2)12(14)8-13(17)16-7-5-4-6-11(16)9-15-20(3,18)19/h10-12,15H,4-9,14H2,1-3H3. The summed E-state index contributed by atoms with van der Waals surface area (Å²) in [4.78, 5) is 14.1. The van der Waals surface area contributed by atoms with Crippen molar-refractivity contribution >= 4 is 15.9 Å². The van der Waals surface area contributed by atoms with Gasteiger partial charge in [0.25, 0.3) is 0 Å². The van der Waals surface area contributed by atoms with Crippen LogP contribution in [0.25, 0.3) is 0 Å². The van der Waals surface area contributed by atoms with Crippen LogP contribution < -0.4 is 10.5 Å². The summed E-state index contributed by atoms with van der Waals surface area (Å²) in [7, 11) is -3.22. The van der Waals surface area contributed by atoms with Crippen molar-refractivity contribution in [3.63, 3.8) is 0 Å². The molecule has 0 aromatic heterocycles. The zero-order valence-corrected chi connectivity index (χ0v) is 13.4. The van der Waals surface area contributed by atoms with E-state index in [1.165, 1.54) is 0 Å². The van der Waals surface area contributed by atoms with E-state index < -0.39 is 10.0 Å². The fraction of sp³-hybridized carbons (Fsp3) is 0.923. The van der Waals surface area contributed by atoms with E-state index in [0.29, 0.717) is 19.5 Å². The molecule has 1 saturated heterocycles. The number of nitrogens with zero attached hydrogens (tertiary/aromatic N) is 1. The Morgan fingerprint density at radius 3 is 2.60 bits per heavy atom. The van der Waals surface area contributed by atoms with E-state index in [-0.39, 0.29) is 23.9 Å². The van der Waals surface area contributed by atoms with E-state index in [2.05, 4.69) is 4.72 Å². The van der Waals surface area contributed by atoms with Crippen LogP contribution in [0.4, 0.5) is 0 Å². The minimum atomic E-state index is -3.22. The first-order valence-electron chi connectivity index (χ1n) is 7.20. The lowest BCUT2D eigenvalue weighted by Crippen LogP contribution is -2.50. The second-order valence-electron chi connectivity index (χ2n) is 5.97. The fourth-order valence-electron chi connectivity index (χ4n) is 2.34. The molecule has 1 aliphatic heterocycles. The van der Waals surface area contributed by atoms with Crippen molar-refractivity contribution in [1.29, 1.82) is 0 Å². The molecule has 20 heavy (non-hydrogen) atoms. The fourth-order valence-corrected chi connectivity index (χ4v) is 2.84. The molecular formula is C13H27N3O3S. The molecule has 1 aliphatic rings. The van der Waals surface area contributed by atoms with Gasteiger partial charge < -0.3 is 10.6 Å². The summed E-state index contributed by atoms with van der Waals surface area (Å²) >= 11 is 0. The van der Waals surface area contributed by atoms with Crippen LogP contribution in [-0.2, 0) is 14.8 Å². The van der Waals surface area contributed by atoms with E-state index in [0.717, 1.165) is 25.5 Å². The van der Waals surface area contributed by atoms with Crippen LogP contribution in [0.5, 0.6) is 0 Å². The number of rotatable bonds is 6. The third-order valence-electron chi connectivity index (χ3n) is 3.80. The minimum Gasteiger partial charge on any atom is -0.338 e. The highest BCUT2D eigenvalue weighted by atomic mass is 32.2. The summed E-state index contributed by atoms with van der Waals surface area (Å²) in [5, 5.41) is 0. The Bertz CT molecular complexity index is 423. The van der Waals surface area contributed by atoms with Crippen LogP contribution in [0.2, 0.25) is 0 Å². The van der Waals surface area contributed by atoms with Gasteiger partial charge >= 0.3 is 0 Å². The first-order valence-corrected chi connectivity index (χ1v) is 9.09. The number of hydrogen-bond donors (Lipinski definition) is 2. The van der Waals surface area contributed by atoms with Crippen LogP contribution in [0.15, 0.2) is 0 Å². The summed E-state index contributed by atoms with van der Waals surface area (Å²) in [5.41, 5.74) is 5.95. The summed E-state index contributed by atoms with van der Waals surface area (Å²) < 4.78 is 24.9. The van der Waals surface area contributed by atoms with Crippen LogP contribution in [-0.4, -0.2) is 50.7 Å². The molecule has 6 nitrogen and oxygen atoms in total. The number of nitrogens with two attached hydrogens (primary N) is 1. The topological polar surface area (TPSA) is 92.5 Å². The van der Waals surface area contributed by atoms with Gasteiger partial charge in [-0.2, -0.15) is 0 Å². The molecule has 118 valence electrons. The molecular weight excluding hydrogens is 278 g/mol. The third kappa shape index (κ3) is 5.76. The molecule has 1 rings (SSSR count). The number of sulfonamides is 1. The van der Waals surface area contributed by atoms with E-state index in [1.54, 1.807) is 4.90 Å². The number of carbonyl (C=O) groups excluding carboxylic acids is 1. The number of carbonyl (C=O) groups is 1. The van der Waals surface area contributed by atoms with Gasteiger partial charge in [0, 0.05) is 31.6 Å². The molecule has 0 saturated carbocycles. The van der Waals surface area contributed by atoms with Crippen molar-refractivity contribution in [3.8, 4) is 0 Å². The maximum Gasteiger partial charge on any atom is 0.224 e. The summed E-state index contributed by atoms with van der Waals surface area (Å²) in [6.45, 7) is 4.98. The Hall–Kier alpha value is -0.660. The normalized spacial score (nSPS) is 22.1. The predicted octanol–water partition coefficient (Wildman–Crippen LogP) is 0.290. The largest absolute Gasteiger partial charge is 0.338 e. The second kappa shape index (κ2) is 7.38. The summed E-state index contributed by atoms with van der Waals surface area (Å²) in [5.74, 6) is 0.294. The molecule has 2 unspecified atom stereocenters. The van der Waals surface area contributed by atoms with Gasteiger partial charge in [0.15, 0.2) is 0 Å². The van der Waals surface area contributed by atoms with Gasteiger partial charge in [0.2, 0.25) is 15.9 Å². The Labute approximate surface area is 122 Å². The molecule has 7 heteroatoms. The predicted molar refractivity (Wildman–Crippen MR) is 79.6 cm³/mol. The van der Waals surface area contributed by atoms with Crippen molar-refractivity contribution in [1.82, 2.24) is 9.62 Å². The monoisotopic (exact) mass is 305 g/mol. The first kappa shape index (κ1) is 17.4. The van der Waals surface area contributed by atoms with Crippen molar-refractivity contribution in [2.45, 2.75) is 51.6 Å². The van der Waals surface area contributed by atoms with Gasteiger partial charge in [0.1, 0.15) is 0 Å². The lowest BCUT2D eigenvalue weighted by Gasteiger charge is -2.36. The maximum absolute atomic E-state index is 12.3. The first-order chi connectivity index (χ1) is 9.20.